The molecule has 1 saturated heterocycles. The second-order valence-electron chi connectivity index (χ2n) is 7.38. The van der Waals surface area contributed by atoms with Crippen LogP contribution >= 0.6 is 0 Å². The lowest BCUT2D eigenvalue weighted by Crippen LogP contribution is -2.54. The predicted molar refractivity (Wildman–Crippen MR) is 95.4 cm³/mol. The molecule has 26 heavy (non-hydrogen) atoms. The summed E-state index contributed by atoms with van der Waals surface area (Å²) in [6, 6.07) is 15.1. The van der Waals surface area contributed by atoms with Crippen LogP contribution in [-0.2, 0) is 18.3 Å². The van der Waals surface area contributed by atoms with Crippen LogP contribution < -0.4 is 0 Å². The maximum absolute atomic E-state index is 12.8. The first kappa shape index (κ1) is 18.9. The molecule has 0 saturated carbocycles. The minimum atomic E-state index is -4.36. The largest absolute Gasteiger partial charge is 0.416 e. The Bertz CT molecular complexity index is 715. The molecule has 2 aromatic carbocycles. The molecule has 2 nitrogen and oxygen atoms in total. The van der Waals surface area contributed by atoms with Crippen LogP contribution in [0.3, 0.4) is 0 Å². The first-order chi connectivity index (χ1) is 12.2. The van der Waals surface area contributed by atoms with E-state index >= 15 is 0 Å². The maximum Gasteiger partial charge on any atom is 0.416 e. The van der Waals surface area contributed by atoms with E-state index in [4.69, 9.17) is 0 Å². The minimum absolute atomic E-state index is 0.0910. The molecule has 1 N–H and O–H groups in total. The van der Waals surface area contributed by atoms with Crippen molar-refractivity contribution in [2.75, 3.05) is 13.1 Å². The Morgan fingerprint density at radius 2 is 1.50 bits per heavy atom. The molecule has 0 bridgehead atoms. The van der Waals surface area contributed by atoms with Gasteiger partial charge in [0.2, 0.25) is 0 Å². The smallest absolute Gasteiger partial charge is 0.385 e. The summed E-state index contributed by atoms with van der Waals surface area (Å²) in [5.74, 6) is -0.182. The molecule has 2 unspecified atom stereocenters. The van der Waals surface area contributed by atoms with Crippen molar-refractivity contribution in [3.8, 4) is 0 Å². The third kappa shape index (κ3) is 3.64. The average Bonchev–Trinajstić information content (AvgIpc) is 2.60. The van der Waals surface area contributed by atoms with Crippen LogP contribution in [0.5, 0.6) is 0 Å². The maximum atomic E-state index is 12.8. The van der Waals surface area contributed by atoms with Crippen molar-refractivity contribution in [3.05, 3.63) is 71.3 Å². The van der Waals surface area contributed by atoms with Gasteiger partial charge in [0.15, 0.2) is 0 Å². The Kier molecular flexibility index (Phi) is 5.13. The highest BCUT2D eigenvalue weighted by atomic mass is 19.4. The van der Waals surface area contributed by atoms with E-state index in [2.05, 4.69) is 17.0 Å². The van der Waals surface area contributed by atoms with Gasteiger partial charge in [0.25, 0.3) is 0 Å². The van der Waals surface area contributed by atoms with Gasteiger partial charge in [-0.1, -0.05) is 56.3 Å². The second-order valence-corrected chi connectivity index (χ2v) is 7.38. The lowest BCUT2D eigenvalue weighted by molar-refractivity contribution is -0.137. The first-order valence-corrected chi connectivity index (χ1v) is 8.87. The van der Waals surface area contributed by atoms with Gasteiger partial charge < -0.3 is 5.11 Å². The zero-order valence-electron chi connectivity index (χ0n) is 15.0. The van der Waals surface area contributed by atoms with Crippen molar-refractivity contribution in [2.45, 2.75) is 32.2 Å². The van der Waals surface area contributed by atoms with Crippen molar-refractivity contribution >= 4 is 0 Å². The summed E-state index contributed by atoms with van der Waals surface area (Å²) >= 11 is 0. The third-order valence-corrected chi connectivity index (χ3v) is 5.49. The second kappa shape index (κ2) is 7.05. The van der Waals surface area contributed by atoms with Gasteiger partial charge >= 0.3 is 6.18 Å². The third-order valence-electron chi connectivity index (χ3n) is 5.49. The Hall–Kier alpha value is -1.85. The van der Waals surface area contributed by atoms with Crippen LogP contribution in [0.1, 0.15) is 30.5 Å². The van der Waals surface area contributed by atoms with Gasteiger partial charge in [0.05, 0.1) is 11.2 Å². The highest BCUT2D eigenvalue weighted by Gasteiger charge is 2.45. The van der Waals surface area contributed by atoms with Crippen LogP contribution in [-0.4, -0.2) is 23.1 Å². The van der Waals surface area contributed by atoms with Gasteiger partial charge in [0, 0.05) is 31.5 Å². The van der Waals surface area contributed by atoms with E-state index in [1.165, 1.54) is 17.7 Å². The molecule has 2 atom stereocenters. The number of piperidine rings is 1. The van der Waals surface area contributed by atoms with Crippen molar-refractivity contribution in [2.24, 2.45) is 11.8 Å². The fourth-order valence-corrected chi connectivity index (χ4v) is 4.08. The molecule has 0 aromatic heterocycles. The van der Waals surface area contributed by atoms with E-state index in [0.717, 1.165) is 18.7 Å². The van der Waals surface area contributed by atoms with E-state index < -0.39 is 17.3 Å². The van der Waals surface area contributed by atoms with Crippen LogP contribution in [0.25, 0.3) is 0 Å². The molecule has 0 amide bonds. The number of rotatable bonds is 3. The molecule has 1 fully saturated rings. The van der Waals surface area contributed by atoms with Crippen molar-refractivity contribution in [1.82, 2.24) is 4.90 Å². The zero-order chi connectivity index (χ0) is 18.9. The van der Waals surface area contributed by atoms with Crippen molar-refractivity contribution in [3.63, 3.8) is 0 Å². The average molecular weight is 363 g/mol. The molecule has 1 heterocycles. The minimum Gasteiger partial charge on any atom is -0.385 e. The molecule has 3 rings (SSSR count). The number of alkyl halides is 3. The predicted octanol–water partition coefficient (Wildman–Crippen LogP) is 4.68. The number of benzene rings is 2. The summed E-state index contributed by atoms with van der Waals surface area (Å²) in [7, 11) is 0. The molecule has 0 spiro atoms. The fraction of sp³-hybridized carbons (Fsp3) is 0.429. The van der Waals surface area contributed by atoms with Gasteiger partial charge in [-0.3, -0.25) is 4.90 Å². The van der Waals surface area contributed by atoms with Crippen LogP contribution in [0.4, 0.5) is 13.2 Å². The van der Waals surface area contributed by atoms with E-state index in [0.29, 0.717) is 18.7 Å². The highest BCUT2D eigenvalue weighted by Crippen LogP contribution is 2.42. The van der Waals surface area contributed by atoms with Crippen LogP contribution in [0.2, 0.25) is 0 Å². The van der Waals surface area contributed by atoms with E-state index in [9.17, 15) is 18.3 Å². The molecule has 0 aliphatic carbocycles. The summed E-state index contributed by atoms with van der Waals surface area (Å²) in [5.41, 5.74) is -0.0412. The number of hydrogen-bond acceptors (Lipinski definition) is 2. The van der Waals surface area contributed by atoms with Crippen molar-refractivity contribution < 1.29 is 18.3 Å². The molecular formula is C21H24F3NO. The Morgan fingerprint density at radius 1 is 0.962 bits per heavy atom. The lowest BCUT2D eigenvalue weighted by Gasteiger charge is -2.48. The summed E-state index contributed by atoms with van der Waals surface area (Å²) in [6.45, 7) is 6.11. The first-order valence-electron chi connectivity index (χ1n) is 8.87. The summed E-state index contributed by atoms with van der Waals surface area (Å²) in [6.07, 6.45) is -4.36. The molecule has 1 aliphatic rings. The normalized spacial score (nSPS) is 27.5. The van der Waals surface area contributed by atoms with Gasteiger partial charge in [-0.25, -0.2) is 0 Å². The number of halogens is 3. The standard InChI is InChI=1S/C21H24F3NO/c1-15-12-25(14-17-6-4-3-5-7-17)13-16(2)20(15,26)18-8-10-19(11-9-18)21(22,23)24/h3-11,15-16,26H,12-14H2,1-2H3. The number of nitrogens with zero attached hydrogens (tertiary/aromatic N) is 1. The Balaban J connectivity index is 1.78. The van der Waals surface area contributed by atoms with Crippen molar-refractivity contribution in [1.29, 1.82) is 0 Å². The molecule has 1 aliphatic heterocycles. The molecule has 2 aromatic rings. The van der Waals surface area contributed by atoms with Gasteiger partial charge in [-0.05, 0) is 23.3 Å². The van der Waals surface area contributed by atoms with Crippen LogP contribution in [0.15, 0.2) is 54.6 Å². The van der Waals surface area contributed by atoms with Crippen LogP contribution in [0, 0.1) is 11.8 Å². The van der Waals surface area contributed by atoms with Gasteiger partial charge in [0.1, 0.15) is 0 Å². The molecule has 5 heteroatoms. The van der Waals surface area contributed by atoms with E-state index in [1.54, 1.807) is 0 Å². The molecular weight excluding hydrogens is 339 g/mol. The summed E-state index contributed by atoms with van der Waals surface area (Å²) in [4.78, 5) is 2.29. The van der Waals surface area contributed by atoms with E-state index in [1.807, 2.05) is 32.0 Å². The Labute approximate surface area is 152 Å². The zero-order valence-corrected chi connectivity index (χ0v) is 15.0. The summed E-state index contributed by atoms with van der Waals surface area (Å²) < 4.78 is 38.4. The molecule has 140 valence electrons. The number of aliphatic hydroxyl groups is 1. The topological polar surface area (TPSA) is 23.5 Å². The van der Waals surface area contributed by atoms with Gasteiger partial charge in [-0.2, -0.15) is 13.2 Å². The monoisotopic (exact) mass is 363 g/mol. The van der Waals surface area contributed by atoms with Gasteiger partial charge in [-0.15, -0.1) is 0 Å². The molecule has 0 radical (unpaired) electrons. The SMILES string of the molecule is CC1CN(Cc2ccccc2)CC(C)C1(O)c1ccc(C(F)(F)F)cc1. The lowest BCUT2D eigenvalue weighted by atomic mass is 9.70. The number of likely N-dealkylation sites (tertiary alicyclic amines) is 1. The quantitative estimate of drug-likeness (QED) is 0.856. The van der Waals surface area contributed by atoms with E-state index in [-0.39, 0.29) is 11.8 Å². The summed E-state index contributed by atoms with van der Waals surface area (Å²) in [5, 5.41) is 11.3. The number of hydrogen-bond donors (Lipinski definition) is 1. The Morgan fingerprint density at radius 3 is 2.00 bits per heavy atom. The highest BCUT2D eigenvalue weighted by molar-refractivity contribution is 5.30. The fourth-order valence-electron chi connectivity index (χ4n) is 4.08.